The highest BCUT2D eigenvalue weighted by molar-refractivity contribution is 6.30. The van der Waals surface area contributed by atoms with Crippen molar-refractivity contribution >= 4 is 23.5 Å². The zero-order valence-corrected chi connectivity index (χ0v) is 17.4. The molecule has 3 aromatic rings. The standard InChI is InChI=1S/C21H20ClN5O3/c1-11-17(19(23)28)18(12-4-6-14(22)7-5-12)27-21(24-11)25-20(26-27)13-8-15(29-2)10-16(9-13)30-3/h4-10,18H,1-3H3,(H2,23,28)(H,24,25,26). The SMILES string of the molecule is COc1cc(OC)cc(-c2nc3n(n2)C(c2ccc(Cl)cc2)C(C(N)=O)=C(C)N3)c1. The van der Waals surface area contributed by atoms with Crippen LogP contribution in [0, 0.1) is 0 Å². The molecule has 2 aromatic carbocycles. The van der Waals surface area contributed by atoms with Gasteiger partial charge in [-0.25, -0.2) is 4.68 Å². The number of nitrogens with two attached hydrogens (primary N) is 1. The molecule has 2 heterocycles. The van der Waals surface area contributed by atoms with Crippen LogP contribution < -0.4 is 20.5 Å². The molecule has 0 spiro atoms. The van der Waals surface area contributed by atoms with Gasteiger partial charge in [-0.1, -0.05) is 23.7 Å². The highest BCUT2D eigenvalue weighted by atomic mass is 35.5. The lowest BCUT2D eigenvalue weighted by molar-refractivity contribution is -0.115. The summed E-state index contributed by atoms with van der Waals surface area (Å²) in [6.45, 7) is 1.79. The number of primary amides is 1. The molecule has 0 fully saturated rings. The predicted molar refractivity (Wildman–Crippen MR) is 114 cm³/mol. The Balaban J connectivity index is 1.87. The van der Waals surface area contributed by atoms with Crippen LogP contribution >= 0.6 is 11.6 Å². The molecule has 0 aliphatic carbocycles. The number of nitrogens with one attached hydrogen (secondary N) is 1. The third-order valence-electron chi connectivity index (χ3n) is 4.91. The van der Waals surface area contributed by atoms with E-state index in [0.29, 0.717) is 45.1 Å². The van der Waals surface area contributed by atoms with Gasteiger partial charge in [-0.05, 0) is 36.8 Å². The second-order valence-electron chi connectivity index (χ2n) is 6.79. The molecule has 0 bridgehead atoms. The van der Waals surface area contributed by atoms with Gasteiger partial charge in [0.1, 0.15) is 17.5 Å². The molecule has 0 saturated carbocycles. The first kappa shape index (κ1) is 19.8. The number of carbonyl (C=O) groups is 1. The minimum atomic E-state index is -0.537. The van der Waals surface area contributed by atoms with Crippen molar-refractivity contribution in [3.05, 3.63) is 64.3 Å². The van der Waals surface area contributed by atoms with Gasteiger partial charge in [0.15, 0.2) is 5.82 Å². The van der Waals surface area contributed by atoms with E-state index >= 15 is 0 Å². The van der Waals surface area contributed by atoms with Crippen molar-refractivity contribution in [2.24, 2.45) is 5.73 Å². The lowest BCUT2D eigenvalue weighted by Crippen LogP contribution is -2.31. The number of aromatic nitrogens is 3. The number of carbonyl (C=O) groups excluding carboxylic acids is 1. The van der Waals surface area contributed by atoms with Crippen molar-refractivity contribution in [1.82, 2.24) is 14.8 Å². The number of hydrogen-bond donors (Lipinski definition) is 2. The number of halogens is 1. The first-order chi connectivity index (χ1) is 14.4. The van der Waals surface area contributed by atoms with Crippen LogP contribution in [0.15, 0.2) is 53.7 Å². The molecule has 154 valence electrons. The number of allylic oxidation sites excluding steroid dienone is 1. The van der Waals surface area contributed by atoms with Crippen LogP contribution in [0.1, 0.15) is 18.5 Å². The van der Waals surface area contributed by atoms with E-state index < -0.39 is 11.9 Å². The molecule has 8 nitrogen and oxygen atoms in total. The average molecular weight is 426 g/mol. The van der Waals surface area contributed by atoms with E-state index in [-0.39, 0.29) is 0 Å². The second kappa shape index (κ2) is 7.72. The summed E-state index contributed by atoms with van der Waals surface area (Å²) < 4.78 is 12.3. The van der Waals surface area contributed by atoms with E-state index in [4.69, 9.17) is 26.8 Å². The molecule has 1 aliphatic rings. The fourth-order valence-electron chi connectivity index (χ4n) is 3.48. The Morgan fingerprint density at radius 3 is 2.33 bits per heavy atom. The molecule has 0 radical (unpaired) electrons. The van der Waals surface area contributed by atoms with Crippen LogP contribution in [0.2, 0.25) is 5.02 Å². The van der Waals surface area contributed by atoms with E-state index in [1.165, 1.54) is 0 Å². The predicted octanol–water partition coefficient (Wildman–Crippen LogP) is 3.39. The van der Waals surface area contributed by atoms with Crippen molar-refractivity contribution in [1.29, 1.82) is 0 Å². The van der Waals surface area contributed by atoms with Crippen LogP contribution in [0.5, 0.6) is 11.5 Å². The molecule has 3 N–H and O–H groups in total. The van der Waals surface area contributed by atoms with Gasteiger partial charge < -0.3 is 20.5 Å². The Kier molecular flexibility index (Phi) is 5.09. The number of methoxy groups -OCH3 is 2. The summed E-state index contributed by atoms with van der Waals surface area (Å²) in [6.07, 6.45) is 0. The maximum atomic E-state index is 12.3. The van der Waals surface area contributed by atoms with Crippen LogP contribution in [-0.2, 0) is 4.79 Å². The first-order valence-electron chi connectivity index (χ1n) is 9.14. The normalized spacial score (nSPS) is 15.4. The zero-order valence-electron chi connectivity index (χ0n) is 16.6. The summed E-state index contributed by atoms with van der Waals surface area (Å²) >= 11 is 6.05. The van der Waals surface area contributed by atoms with Gasteiger partial charge in [0, 0.05) is 22.3 Å². The number of rotatable bonds is 5. The summed E-state index contributed by atoms with van der Waals surface area (Å²) in [6, 6.07) is 12.1. The highest BCUT2D eigenvalue weighted by Gasteiger charge is 2.33. The molecule has 1 aromatic heterocycles. The Morgan fingerprint density at radius 1 is 1.13 bits per heavy atom. The maximum absolute atomic E-state index is 12.3. The molecule has 0 saturated heterocycles. The Morgan fingerprint density at radius 2 is 1.77 bits per heavy atom. The third kappa shape index (κ3) is 3.46. The van der Waals surface area contributed by atoms with Gasteiger partial charge in [0.05, 0.1) is 19.8 Å². The first-order valence-corrected chi connectivity index (χ1v) is 9.52. The van der Waals surface area contributed by atoms with Crippen LogP contribution in [-0.4, -0.2) is 34.9 Å². The van der Waals surface area contributed by atoms with E-state index in [2.05, 4.69) is 15.4 Å². The quantitative estimate of drug-likeness (QED) is 0.649. The monoisotopic (exact) mass is 425 g/mol. The van der Waals surface area contributed by atoms with Gasteiger partial charge in [-0.2, -0.15) is 4.98 Å². The van der Waals surface area contributed by atoms with Crippen molar-refractivity contribution < 1.29 is 14.3 Å². The van der Waals surface area contributed by atoms with Gasteiger partial charge in [-0.15, -0.1) is 5.10 Å². The smallest absolute Gasteiger partial charge is 0.248 e. The van der Waals surface area contributed by atoms with Crippen LogP contribution in [0.25, 0.3) is 11.4 Å². The third-order valence-corrected chi connectivity index (χ3v) is 5.17. The van der Waals surface area contributed by atoms with Gasteiger partial charge in [0.25, 0.3) is 0 Å². The summed E-state index contributed by atoms with van der Waals surface area (Å²) in [5, 5.41) is 8.40. The summed E-state index contributed by atoms with van der Waals surface area (Å²) in [5.74, 6) is 1.64. The van der Waals surface area contributed by atoms with Crippen molar-refractivity contribution in [2.75, 3.05) is 19.5 Å². The van der Waals surface area contributed by atoms with E-state index in [0.717, 1.165) is 5.56 Å². The Hall–Kier alpha value is -3.52. The van der Waals surface area contributed by atoms with Gasteiger partial charge in [-0.3, -0.25) is 4.79 Å². The lowest BCUT2D eigenvalue weighted by Gasteiger charge is -2.27. The number of hydrogen-bond acceptors (Lipinski definition) is 6. The highest BCUT2D eigenvalue weighted by Crippen LogP contribution is 2.37. The number of benzene rings is 2. The summed E-state index contributed by atoms with van der Waals surface area (Å²) in [7, 11) is 3.16. The number of amides is 1. The molecule has 1 unspecified atom stereocenters. The molecule has 1 aliphatic heterocycles. The zero-order chi connectivity index (χ0) is 21.4. The number of ether oxygens (including phenoxy) is 2. The van der Waals surface area contributed by atoms with Crippen molar-refractivity contribution in [3.8, 4) is 22.9 Å². The van der Waals surface area contributed by atoms with Crippen molar-refractivity contribution in [3.63, 3.8) is 0 Å². The van der Waals surface area contributed by atoms with Gasteiger partial charge >= 0.3 is 0 Å². The number of anilines is 1. The number of fused-ring (bicyclic) bond motifs is 1. The van der Waals surface area contributed by atoms with Crippen molar-refractivity contribution in [2.45, 2.75) is 13.0 Å². The topological polar surface area (TPSA) is 104 Å². The fourth-order valence-corrected chi connectivity index (χ4v) is 3.61. The molecular weight excluding hydrogens is 406 g/mol. The summed E-state index contributed by atoms with van der Waals surface area (Å²) in [4.78, 5) is 16.9. The molecule has 30 heavy (non-hydrogen) atoms. The summed E-state index contributed by atoms with van der Waals surface area (Å²) in [5.41, 5.74) is 8.26. The molecule has 9 heteroatoms. The Bertz CT molecular complexity index is 1130. The largest absolute Gasteiger partial charge is 0.497 e. The van der Waals surface area contributed by atoms with E-state index in [1.54, 1.807) is 44.0 Å². The molecular formula is C21H20ClN5O3. The van der Waals surface area contributed by atoms with Crippen LogP contribution in [0.4, 0.5) is 5.95 Å². The molecule has 1 amide bonds. The lowest BCUT2D eigenvalue weighted by atomic mass is 9.95. The number of nitrogens with zero attached hydrogens (tertiary/aromatic N) is 3. The Labute approximate surface area is 178 Å². The van der Waals surface area contributed by atoms with E-state index in [9.17, 15) is 4.79 Å². The van der Waals surface area contributed by atoms with Gasteiger partial charge in [0.2, 0.25) is 11.9 Å². The second-order valence-corrected chi connectivity index (χ2v) is 7.22. The minimum Gasteiger partial charge on any atom is -0.497 e. The average Bonchev–Trinajstić information content (AvgIpc) is 3.16. The molecule has 4 rings (SSSR count). The maximum Gasteiger partial charge on any atom is 0.248 e. The minimum absolute atomic E-state index is 0.407. The van der Waals surface area contributed by atoms with E-state index in [1.807, 2.05) is 24.3 Å². The van der Waals surface area contributed by atoms with Crippen LogP contribution in [0.3, 0.4) is 0 Å². The fraction of sp³-hybridized carbons (Fsp3) is 0.190. The molecule has 1 atom stereocenters.